The normalized spacial score (nSPS) is 13.9. The highest BCUT2D eigenvalue weighted by atomic mass is 79.9. The second kappa shape index (κ2) is 5.60. The molecule has 4 heteroatoms. The van der Waals surface area contributed by atoms with Gasteiger partial charge in [-0.3, -0.25) is 4.79 Å². The molecule has 0 aliphatic rings. The van der Waals surface area contributed by atoms with E-state index in [1.807, 2.05) is 20.8 Å². The summed E-state index contributed by atoms with van der Waals surface area (Å²) in [5.41, 5.74) is 5.17. The number of alkyl halides is 1. The third-order valence-corrected chi connectivity index (χ3v) is 1.92. The van der Waals surface area contributed by atoms with Gasteiger partial charge in [0, 0.05) is 5.33 Å². The van der Waals surface area contributed by atoms with Crippen LogP contribution >= 0.6 is 15.9 Å². The van der Waals surface area contributed by atoms with Gasteiger partial charge in [0.05, 0.1) is 0 Å². The van der Waals surface area contributed by atoms with Gasteiger partial charge in [-0.2, -0.15) is 0 Å². The smallest absolute Gasteiger partial charge is 0.323 e. The molecule has 1 atom stereocenters. The maximum Gasteiger partial charge on any atom is 0.323 e. The summed E-state index contributed by atoms with van der Waals surface area (Å²) in [6, 6.07) is -0.489. The molecule has 0 amide bonds. The first-order chi connectivity index (χ1) is 5.87. The molecule has 0 aromatic heterocycles. The monoisotopic (exact) mass is 251 g/mol. The quantitative estimate of drug-likeness (QED) is 0.613. The van der Waals surface area contributed by atoms with Gasteiger partial charge >= 0.3 is 5.97 Å². The van der Waals surface area contributed by atoms with Gasteiger partial charge in [-0.1, -0.05) is 15.9 Å². The van der Waals surface area contributed by atoms with Crippen molar-refractivity contribution in [2.75, 3.05) is 5.33 Å². The predicted octanol–water partition coefficient (Wildman–Crippen LogP) is 1.83. The van der Waals surface area contributed by atoms with Crippen molar-refractivity contribution in [1.29, 1.82) is 0 Å². The largest absolute Gasteiger partial charge is 0.459 e. The highest BCUT2D eigenvalue weighted by molar-refractivity contribution is 9.09. The summed E-state index contributed by atoms with van der Waals surface area (Å²) in [5, 5.41) is 0.865. The maximum absolute atomic E-state index is 11.3. The van der Waals surface area contributed by atoms with Crippen LogP contribution in [0.3, 0.4) is 0 Å². The summed E-state index contributed by atoms with van der Waals surface area (Å²) in [4.78, 5) is 11.3. The van der Waals surface area contributed by atoms with E-state index >= 15 is 0 Å². The van der Waals surface area contributed by atoms with E-state index in [-0.39, 0.29) is 5.97 Å². The van der Waals surface area contributed by atoms with Crippen LogP contribution in [0.2, 0.25) is 0 Å². The lowest BCUT2D eigenvalue weighted by Gasteiger charge is -2.21. The first kappa shape index (κ1) is 12.9. The minimum Gasteiger partial charge on any atom is -0.459 e. The molecule has 0 radical (unpaired) electrons. The minimum atomic E-state index is -0.489. The van der Waals surface area contributed by atoms with Crippen molar-refractivity contribution in [3.63, 3.8) is 0 Å². The zero-order valence-corrected chi connectivity index (χ0v) is 10.1. The Bertz CT molecular complexity index is 165. The van der Waals surface area contributed by atoms with E-state index in [0.29, 0.717) is 6.42 Å². The summed E-state index contributed by atoms with van der Waals surface area (Å²) < 4.78 is 5.12. The molecule has 0 spiro atoms. The van der Waals surface area contributed by atoms with Crippen LogP contribution in [0.4, 0.5) is 0 Å². The van der Waals surface area contributed by atoms with E-state index in [9.17, 15) is 4.79 Å². The molecule has 0 unspecified atom stereocenters. The van der Waals surface area contributed by atoms with Gasteiger partial charge < -0.3 is 10.5 Å². The van der Waals surface area contributed by atoms with E-state index in [1.165, 1.54) is 0 Å². The van der Waals surface area contributed by atoms with Crippen LogP contribution in [-0.2, 0) is 9.53 Å². The van der Waals surface area contributed by atoms with Gasteiger partial charge in [-0.05, 0) is 33.6 Å². The standard InChI is InChI=1S/C9H18BrNO2/c1-9(2,3)13-8(12)7(11)5-4-6-10/h7H,4-6,11H2,1-3H3/t7-/m0/s1. The lowest BCUT2D eigenvalue weighted by molar-refractivity contribution is -0.156. The number of rotatable bonds is 4. The van der Waals surface area contributed by atoms with Crippen molar-refractivity contribution in [1.82, 2.24) is 0 Å². The van der Waals surface area contributed by atoms with Gasteiger partial charge in [-0.25, -0.2) is 0 Å². The van der Waals surface area contributed by atoms with Gasteiger partial charge in [0.2, 0.25) is 0 Å². The molecule has 0 aromatic rings. The molecule has 3 nitrogen and oxygen atoms in total. The summed E-state index contributed by atoms with van der Waals surface area (Å²) in [6.07, 6.45) is 1.56. The highest BCUT2D eigenvalue weighted by Gasteiger charge is 2.21. The van der Waals surface area contributed by atoms with Crippen LogP contribution in [0.25, 0.3) is 0 Å². The Morgan fingerprint density at radius 3 is 2.46 bits per heavy atom. The highest BCUT2D eigenvalue weighted by Crippen LogP contribution is 2.09. The topological polar surface area (TPSA) is 52.3 Å². The molecule has 78 valence electrons. The zero-order chi connectivity index (χ0) is 10.5. The Morgan fingerprint density at radius 1 is 1.54 bits per heavy atom. The van der Waals surface area contributed by atoms with E-state index in [1.54, 1.807) is 0 Å². The summed E-state index contributed by atoms with van der Waals surface area (Å²) in [5.74, 6) is -0.312. The molecule has 0 saturated carbocycles. The lowest BCUT2D eigenvalue weighted by atomic mass is 10.1. The van der Waals surface area contributed by atoms with Crippen molar-refractivity contribution in [2.45, 2.75) is 45.3 Å². The zero-order valence-electron chi connectivity index (χ0n) is 8.47. The Morgan fingerprint density at radius 2 is 2.08 bits per heavy atom. The molecule has 13 heavy (non-hydrogen) atoms. The van der Waals surface area contributed by atoms with Gasteiger partial charge in [0.1, 0.15) is 11.6 Å². The van der Waals surface area contributed by atoms with E-state index < -0.39 is 11.6 Å². The van der Waals surface area contributed by atoms with Crippen LogP contribution in [0.5, 0.6) is 0 Å². The number of carbonyl (C=O) groups is 1. The molecule has 2 N–H and O–H groups in total. The average Bonchev–Trinajstić information content (AvgIpc) is 1.96. The molecule has 0 saturated heterocycles. The molecule has 0 aromatic carbocycles. The number of ether oxygens (including phenoxy) is 1. The third kappa shape index (κ3) is 7.02. The number of nitrogens with two attached hydrogens (primary N) is 1. The number of hydrogen-bond acceptors (Lipinski definition) is 3. The summed E-state index contributed by atoms with van der Waals surface area (Å²) in [7, 11) is 0. The van der Waals surface area contributed by atoms with Crippen LogP contribution in [0.1, 0.15) is 33.6 Å². The number of halogens is 1. The third-order valence-electron chi connectivity index (χ3n) is 1.36. The molecule has 0 heterocycles. The second-order valence-electron chi connectivity index (χ2n) is 3.97. The second-order valence-corrected chi connectivity index (χ2v) is 4.76. The van der Waals surface area contributed by atoms with E-state index in [4.69, 9.17) is 10.5 Å². The fraction of sp³-hybridized carbons (Fsp3) is 0.889. The SMILES string of the molecule is CC(C)(C)OC(=O)[C@@H](N)CCCBr. The number of hydrogen-bond donors (Lipinski definition) is 1. The first-order valence-electron chi connectivity index (χ1n) is 4.41. The molecular weight excluding hydrogens is 234 g/mol. The Hall–Kier alpha value is -0.0900. The van der Waals surface area contributed by atoms with Crippen molar-refractivity contribution in [3.05, 3.63) is 0 Å². The molecule has 0 aliphatic carbocycles. The van der Waals surface area contributed by atoms with Crippen molar-refractivity contribution >= 4 is 21.9 Å². The molecular formula is C9H18BrNO2. The maximum atomic E-state index is 11.3. The fourth-order valence-corrected chi connectivity index (χ4v) is 1.12. The van der Waals surface area contributed by atoms with Crippen molar-refractivity contribution < 1.29 is 9.53 Å². The van der Waals surface area contributed by atoms with Crippen LogP contribution < -0.4 is 5.73 Å². The average molecular weight is 252 g/mol. The van der Waals surface area contributed by atoms with E-state index in [2.05, 4.69) is 15.9 Å². The lowest BCUT2D eigenvalue weighted by Crippen LogP contribution is -2.37. The molecule has 0 fully saturated rings. The van der Waals surface area contributed by atoms with Crippen molar-refractivity contribution in [2.24, 2.45) is 5.73 Å². The molecule has 0 rings (SSSR count). The first-order valence-corrected chi connectivity index (χ1v) is 5.53. The number of carbonyl (C=O) groups excluding carboxylic acids is 1. The van der Waals surface area contributed by atoms with Crippen LogP contribution in [0.15, 0.2) is 0 Å². The van der Waals surface area contributed by atoms with Gasteiger partial charge in [-0.15, -0.1) is 0 Å². The summed E-state index contributed by atoms with van der Waals surface area (Å²) >= 11 is 3.28. The predicted molar refractivity (Wildman–Crippen MR) is 56.8 cm³/mol. The molecule has 0 bridgehead atoms. The van der Waals surface area contributed by atoms with Crippen LogP contribution in [0, 0.1) is 0 Å². The Balaban J connectivity index is 3.83. The Labute approximate surface area is 88.1 Å². The number of esters is 1. The molecule has 0 aliphatic heterocycles. The fourth-order valence-electron chi connectivity index (χ4n) is 0.792. The summed E-state index contributed by atoms with van der Waals surface area (Å²) in [6.45, 7) is 5.51. The van der Waals surface area contributed by atoms with Crippen molar-refractivity contribution in [3.8, 4) is 0 Å². The Kier molecular flexibility index (Phi) is 5.56. The van der Waals surface area contributed by atoms with Crippen LogP contribution in [-0.4, -0.2) is 22.9 Å². The van der Waals surface area contributed by atoms with E-state index in [0.717, 1.165) is 11.8 Å². The van der Waals surface area contributed by atoms with Gasteiger partial charge in [0.15, 0.2) is 0 Å². The van der Waals surface area contributed by atoms with Gasteiger partial charge in [0.25, 0.3) is 0 Å². The minimum absolute atomic E-state index is 0.312.